The maximum atomic E-state index is 5.87. The molecule has 1 heterocycles. The highest BCUT2D eigenvalue weighted by molar-refractivity contribution is 5.96. The van der Waals surface area contributed by atoms with Crippen LogP contribution in [0.2, 0.25) is 0 Å². The Morgan fingerprint density at radius 1 is 0.446 bits per heavy atom. The Bertz CT molecular complexity index is 3550. The number of unbranched alkanes of at least 4 members (excludes halogenated alkanes) is 2. The molecule has 0 saturated heterocycles. The van der Waals surface area contributed by atoms with Crippen LogP contribution in [0.1, 0.15) is 255 Å². The van der Waals surface area contributed by atoms with E-state index in [1.54, 1.807) is 0 Å². The van der Waals surface area contributed by atoms with Crippen LogP contribution in [0.5, 0.6) is 0 Å². The largest absolute Gasteiger partial charge is 0.244 e. The minimum absolute atomic E-state index is 0.0678. The van der Waals surface area contributed by atoms with Crippen LogP contribution in [-0.4, -0.2) is 9.97 Å². The van der Waals surface area contributed by atoms with E-state index < -0.39 is 0 Å². The average molecular weight is 1230 g/mol. The first-order valence-corrected chi connectivity index (χ1v) is 35.9. The van der Waals surface area contributed by atoms with E-state index in [1.807, 2.05) is 0 Å². The predicted molar refractivity (Wildman–Crippen MR) is 412 cm³/mol. The van der Waals surface area contributed by atoms with Crippen molar-refractivity contribution < 1.29 is 0 Å². The van der Waals surface area contributed by atoms with E-state index >= 15 is 0 Å². The molecule has 1 unspecified atom stereocenters. The number of hydrogen-bond donors (Lipinski definition) is 0. The van der Waals surface area contributed by atoms with Gasteiger partial charge in [0.1, 0.15) is 0 Å². The molecular weight excluding hydrogens is 1110 g/mol. The zero-order valence-corrected chi connectivity index (χ0v) is 61.7. The molecule has 1 atom stereocenters. The lowest BCUT2D eigenvalue weighted by Crippen LogP contribution is -2.22. The molecule has 0 aliphatic heterocycles. The van der Waals surface area contributed by atoms with Gasteiger partial charge in [-0.2, -0.15) is 0 Å². The smallest absolute Gasteiger partial charge is 0.0973 e. The molecule has 0 bridgehead atoms. The second kappa shape index (κ2) is 37.1. The van der Waals surface area contributed by atoms with Crippen molar-refractivity contribution in [2.75, 3.05) is 0 Å². The molecule has 8 aromatic rings. The second-order valence-electron chi connectivity index (χ2n) is 28.7. The molecule has 0 radical (unpaired) electrons. The van der Waals surface area contributed by atoms with E-state index in [0.29, 0.717) is 0 Å². The average Bonchev–Trinajstić information content (AvgIpc) is 0.750. The van der Waals surface area contributed by atoms with Gasteiger partial charge in [-0.3, -0.25) is 0 Å². The van der Waals surface area contributed by atoms with Crippen molar-refractivity contribution in [1.29, 1.82) is 0 Å². The van der Waals surface area contributed by atoms with E-state index in [2.05, 4.69) is 321 Å². The van der Waals surface area contributed by atoms with Gasteiger partial charge in [-0.1, -0.05) is 369 Å². The number of nitrogens with zero attached hydrogens (tertiary/aromatic N) is 2. The Balaban J connectivity index is 0.000000629. The summed E-state index contributed by atoms with van der Waals surface area (Å²) in [6, 6.07) is 57.6. The van der Waals surface area contributed by atoms with Crippen LogP contribution in [-0.2, 0) is 10.8 Å². The molecule has 0 saturated carbocycles. The minimum atomic E-state index is -0.226. The number of hydrogen-bond acceptors (Lipinski definition) is 2. The van der Waals surface area contributed by atoms with Gasteiger partial charge < -0.3 is 0 Å². The van der Waals surface area contributed by atoms with Gasteiger partial charge in [0, 0.05) is 16.7 Å². The van der Waals surface area contributed by atoms with Crippen LogP contribution in [0.3, 0.4) is 0 Å². The highest BCUT2D eigenvalue weighted by Crippen LogP contribution is 2.43. The molecule has 0 amide bonds. The van der Waals surface area contributed by atoms with E-state index in [-0.39, 0.29) is 16.2 Å². The maximum absolute atomic E-state index is 5.87. The lowest BCUT2D eigenvalue weighted by Gasteiger charge is -2.31. The Morgan fingerprint density at radius 3 is 1.29 bits per heavy atom. The zero-order valence-electron chi connectivity index (χ0n) is 61.7. The minimum Gasteiger partial charge on any atom is -0.244 e. The first-order chi connectivity index (χ1) is 43.9. The van der Waals surface area contributed by atoms with Crippen molar-refractivity contribution >= 4 is 22.2 Å². The van der Waals surface area contributed by atoms with Crippen molar-refractivity contribution in [2.24, 2.45) is 17.3 Å². The van der Waals surface area contributed by atoms with Crippen molar-refractivity contribution in [2.45, 2.75) is 246 Å². The van der Waals surface area contributed by atoms with Gasteiger partial charge in [-0.05, 0) is 148 Å². The molecular formula is C90H122N2. The summed E-state index contributed by atoms with van der Waals surface area (Å²) in [5.74, 6) is 2.01. The number of allylic oxidation sites excluding steroid dienone is 6. The molecule has 2 heteroatoms. The van der Waals surface area contributed by atoms with Gasteiger partial charge in [0.2, 0.25) is 0 Å². The van der Waals surface area contributed by atoms with Gasteiger partial charge in [0.25, 0.3) is 0 Å². The summed E-state index contributed by atoms with van der Waals surface area (Å²) in [5.41, 5.74) is 24.4. The van der Waals surface area contributed by atoms with Gasteiger partial charge in [-0.15, -0.1) is 0 Å². The monoisotopic (exact) mass is 1230 g/mol. The highest BCUT2D eigenvalue weighted by atomic mass is 14.8. The standard InChI is InChI=1S/C69H74N2.2C9H20.C3H8/c1-14-42-69(13,43-41-46(2)57-35-37-59(48(4)44-57)60-38-36-58(45-49(60)5)68(10,11)12)62-40-39-61(47(3)25-26-50(6)67(7,8)9)65-66(62)71-64(56-33-29-54(30-34-56)52-23-19-16-20-24-52)63(70-65)55-31-27-53(28-32-55)51-21-17-15-18-22-51;2*1-4-7-8-9(5-2)6-3;1-3-2/h15-41,44-45H,14,42-43H2,1-13H3;2*9H,4-8H2,1-3H3;3H2,1-2H3/b46-41+,47-25+,50-26+;;;. The van der Waals surface area contributed by atoms with Gasteiger partial charge in [-0.25, -0.2) is 9.97 Å². The molecule has 0 aliphatic carbocycles. The van der Waals surface area contributed by atoms with E-state index in [9.17, 15) is 0 Å². The third-order valence-electron chi connectivity index (χ3n) is 19.2. The molecule has 0 spiro atoms. The van der Waals surface area contributed by atoms with Crippen LogP contribution in [0.4, 0.5) is 0 Å². The lowest BCUT2D eigenvalue weighted by molar-refractivity contribution is 0.436. The van der Waals surface area contributed by atoms with Gasteiger partial charge in [0.05, 0.1) is 22.4 Å². The molecule has 7 aromatic carbocycles. The fraction of sp³-hybridized carbons (Fsp3) is 0.444. The molecule has 0 N–H and O–H groups in total. The number of rotatable bonds is 23. The Kier molecular flexibility index (Phi) is 30.6. The Labute approximate surface area is 563 Å². The number of fused-ring (bicyclic) bond motifs is 1. The Hall–Kier alpha value is -6.90. The van der Waals surface area contributed by atoms with Crippen LogP contribution in [0.25, 0.3) is 78.1 Å². The van der Waals surface area contributed by atoms with Crippen LogP contribution < -0.4 is 0 Å². The topological polar surface area (TPSA) is 25.8 Å². The van der Waals surface area contributed by atoms with Crippen LogP contribution in [0, 0.1) is 31.1 Å². The third-order valence-corrected chi connectivity index (χ3v) is 19.2. The SMILES string of the molecule is CCC.CCCC(C)(C/C=C(\C)c1ccc(-c2ccc(C(C)(C)C)cc2C)c(C)c1)c1ccc(/C(C)=C/C=C(\C)C(C)(C)C)c2nc(-c3ccc(-c4ccccc4)cc3)c(-c3ccc(-c4ccccc4)cc3)nc12.CCCCC(CC)CC.CCCCC(CC)CC. The summed E-state index contributed by atoms with van der Waals surface area (Å²) < 4.78 is 0. The highest BCUT2D eigenvalue weighted by Gasteiger charge is 2.30. The maximum Gasteiger partial charge on any atom is 0.0973 e. The first kappa shape index (κ1) is 75.8. The lowest BCUT2D eigenvalue weighted by atomic mass is 9.74. The van der Waals surface area contributed by atoms with Crippen molar-refractivity contribution in [3.8, 4) is 55.9 Å². The molecule has 1 aromatic heterocycles. The van der Waals surface area contributed by atoms with Crippen molar-refractivity contribution in [3.63, 3.8) is 0 Å². The molecule has 0 aliphatic rings. The predicted octanol–water partition coefficient (Wildman–Crippen LogP) is 28.5. The molecule has 2 nitrogen and oxygen atoms in total. The Morgan fingerprint density at radius 2 is 0.880 bits per heavy atom. The van der Waals surface area contributed by atoms with E-state index in [1.165, 1.54) is 143 Å². The van der Waals surface area contributed by atoms with E-state index in [4.69, 9.17) is 9.97 Å². The summed E-state index contributed by atoms with van der Waals surface area (Å²) in [6.07, 6.45) is 25.1. The second-order valence-corrected chi connectivity index (χ2v) is 28.7. The quantitative estimate of drug-likeness (QED) is 0.0597. The fourth-order valence-corrected chi connectivity index (χ4v) is 12.3. The number of benzene rings is 7. The summed E-state index contributed by atoms with van der Waals surface area (Å²) in [7, 11) is 0. The first-order valence-electron chi connectivity index (χ1n) is 35.9. The molecule has 92 heavy (non-hydrogen) atoms. The van der Waals surface area contributed by atoms with Gasteiger partial charge >= 0.3 is 0 Å². The normalized spacial score (nSPS) is 12.8. The fourth-order valence-electron chi connectivity index (χ4n) is 12.3. The summed E-state index contributed by atoms with van der Waals surface area (Å²) in [5, 5.41) is 0. The summed E-state index contributed by atoms with van der Waals surface area (Å²) >= 11 is 0. The van der Waals surface area contributed by atoms with Gasteiger partial charge in [0.15, 0.2) is 0 Å². The molecule has 492 valence electrons. The van der Waals surface area contributed by atoms with E-state index in [0.717, 1.165) is 75.8 Å². The van der Waals surface area contributed by atoms with Crippen LogP contribution >= 0.6 is 0 Å². The number of aromatic nitrogens is 2. The molecule has 8 rings (SSSR count). The number of aryl methyl sites for hydroxylation is 2. The third kappa shape index (κ3) is 21.6. The molecule has 0 fully saturated rings. The van der Waals surface area contributed by atoms with Crippen LogP contribution in [0.15, 0.2) is 182 Å². The van der Waals surface area contributed by atoms with Crippen molar-refractivity contribution in [3.05, 3.63) is 215 Å². The van der Waals surface area contributed by atoms with Crippen molar-refractivity contribution in [1.82, 2.24) is 9.97 Å². The summed E-state index contributed by atoms with van der Waals surface area (Å²) in [6.45, 7) is 47.6. The summed E-state index contributed by atoms with van der Waals surface area (Å²) in [4.78, 5) is 11.7. The zero-order chi connectivity index (χ0) is 67.6.